The Bertz CT molecular complexity index is 849. The van der Waals surface area contributed by atoms with Crippen LogP contribution in [-0.2, 0) is 12.8 Å². The highest BCUT2D eigenvalue weighted by Crippen LogP contribution is 2.34. The zero-order valence-electron chi connectivity index (χ0n) is 12.8. The molecule has 4 rings (SSSR count). The molecule has 1 aliphatic heterocycles. The third kappa shape index (κ3) is 3.59. The summed E-state index contributed by atoms with van der Waals surface area (Å²) in [6.45, 7) is 1.03. The van der Waals surface area contributed by atoms with Crippen LogP contribution in [0.15, 0.2) is 4.79 Å². The van der Waals surface area contributed by atoms with Gasteiger partial charge in [0.25, 0.3) is 5.56 Å². The van der Waals surface area contributed by atoms with Crippen LogP contribution in [0.25, 0.3) is 10.2 Å². The Morgan fingerprint density at radius 3 is 2.75 bits per heavy atom. The molecule has 24 heavy (non-hydrogen) atoms. The quantitative estimate of drug-likeness (QED) is 0.706. The van der Waals surface area contributed by atoms with Gasteiger partial charge in [0.1, 0.15) is 4.83 Å². The van der Waals surface area contributed by atoms with Crippen molar-refractivity contribution < 1.29 is 9.90 Å². The van der Waals surface area contributed by atoms with Crippen LogP contribution in [0.4, 0.5) is 0 Å². The van der Waals surface area contributed by atoms with E-state index in [2.05, 4.69) is 21.4 Å². The molecule has 1 saturated heterocycles. The first-order chi connectivity index (χ1) is 11.1. The molecule has 7 nitrogen and oxygen atoms in total. The van der Waals surface area contributed by atoms with Gasteiger partial charge >= 0.3 is 5.97 Å². The largest absolute Gasteiger partial charge is 0.475 e. The smallest absolute Gasteiger partial charge is 0.372 e. The van der Waals surface area contributed by atoms with E-state index < -0.39 is 5.97 Å². The summed E-state index contributed by atoms with van der Waals surface area (Å²) in [5.74, 6) is -1.48. The lowest BCUT2D eigenvalue weighted by Gasteiger charge is -1.95. The van der Waals surface area contributed by atoms with Crippen LogP contribution in [0.5, 0.6) is 0 Å². The van der Waals surface area contributed by atoms with Gasteiger partial charge in [-0.1, -0.05) is 0 Å². The zero-order chi connectivity index (χ0) is 16.4. The van der Waals surface area contributed by atoms with E-state index in [4.69, 9.17) is 10.4 Å². The van der Waals surface area contributed by atoms with Gasteiger partial charge < -0.3 is 15.4 Å². The van der Waals surface area contributed by atoms with E-state index in [0.717, 1.165) is 44.2 Å². The first-order valence-electron chi connectivity index (χ1n) is 7.51. The molecule has 0 spiro atoms. The highest BCUT2D eigenvalue weighted by Gasteiger charge is 2.22. The number of fused-ring (bicyclic) bond motifs is 3. The van der Waals surface area contributed by atoms with Crippen molar-refractivity contribution in [3.63, 3.8) is 0 Å². The Balaban J connectivity index is 0.000000222. The third-order valence-electron chi connectivity index (χ3n) is 3.99. The number of H-pyrrole nitrogens is 1. The molecule has 0 amide bonds. The van der Waals surface area contributed by atoms with Crippen molar-refractivity contribution in [1.82, 2.24) is 15.3 Å². The summed E-state index contributed by atoms with van der Waals surface area (Å²) in [6, 6.07) is 2.31. The number of hydrogen-bond acceptors (Lipinski definition) is 6. The summed E-state index contributed by atoms with van der Waals surface area (Å²) in [4.78, 5) is 30.5. The van der Waals surface area contributed by atoms with Gasteiger partial charge in [0.05, 0.1) is 17.5 Å². The molecule has 2 aromatic rings. The molecule has 1 fully saturated rings. The highest BCUT2D eigenvalue weighted by molar-refractivity contribution is 7.18. The molecule has 0 saturated carbocycles. The number of halogens is 1. The molecule has 0 bridgehead atoms. The van der Waals surface area contributed by atoms with E-state index in [1.165, 1.54) is 16.2 Å². The van der Waals surface area contributed by atoms with Crippen molar-refractivity contribution >= 4 is 39.9 Å². The molecule has 2 aromatic heterocycles. The standard InChI is InChI=1S/C10H8N2O3S.C5H8N2.ClH/c13-8-6-4-2-1-3-5(4)16-9(6)12-7(11-8)10(14)15;6-4-5-2-1-3-7-5;/h1-3H2,(H,14,15)(H,11,12,13);5,7H,1-3H2;1H/t;5-;/m.0./s1. The number of rotatable bonds is 1. The van der Waals surface area contributed by atoms with Crippen molar-refractivity contribution in [3.8, 4) is 6.07 Å². The zero-order valence-corrected chi connectivity index (χ0v) is 14.4. The summed E-state index contributed by atoms with van der Waals surface area (Å²) in [7, 11) is 0. The molecule has 2 aliphatic rings. The van der Waals surface area contributed by atoms with Crippen LogP contribution >= 0.6 is 23.7 Å². The molecule has 9 heteroatoms. The number of thiophene rings is 1. The Kier molecular flexibility index (Phi) is 5.94. The maximum Gasteiger partial charge on any atom is 0.372 e. The predicted octanol–water partition coefficient (Wildman–Crippen LogP) is 1.86. The molecule has 128 valence electrons. The number of hydrogen-bond donors (Lipinski definition) is 3. The lowest BCUT2D eigenvalue weighted by Crippen LogP contribution is -2.18. The van der Waals surface area contributed by atoms with Gasteiger partial charge in [-0.3, -0.25) is 4.79 Å². The van der Waals surface area contributed by atoms with E-state index in [9.17, 15) is 9.59 Å². The van der Waals surface area contributed by atoms with Crippen LogP contribution < -0.4 is 10.9 Å². The topological polar surface area (TPSA) is 119 Å². The van der Waals surface area contributed by atoms with Crippen molar-refractivity contribution in [3.05, 3.63) is 26.6 Å². The van der Waals surface area contributed by atoms with E-state index >= 15 is 0 Å². The Morgan fingerprint density at radius 1 is 1.38 bits per heavy atom. The van der Waals surface area contributed by atoms with Crippen LogP contribution in [0.2, 0.25) is 0 Å². The number of carbonyl (C=O) groups is 1. The van der Waals surface area contributed by atoms with Gasteiger partial charge in [-0.2, -0.15) is 5.26 Å². The number of carboxylic acid groups (broad SMARTS) is 1. The summed E-state index contributed by atoms with van der Waals surface area (Å²) in [5, 5.41) is 20.7. The molecule has 1 atom stereocenters. The maximum absolute atomic E-state index is 11.8. The van der Waals surface area contributed by atoms with Gasteiger partial charge in [0.2, 0.25) is 5.82 Å². The number of aryl methyl sites for hydroxylation is 2. The average molecular weight is 369 g/mol. The van der Waals surface area contributed by atoms with Gasteiger partial charge in [0.15, 0.2) is 0 Å². The van der Waals surface area contributed by atoms with E-state index in [-0.39, 0.29) is 29.8 Å². The van der Waals surface area contributed by atoms with Crippen molar-refractivity contribution in [2.45, 2.75) is 38.1 Å². The second-order valence-electron chi connectivity index (χ2n) is 5.54. The fourth-order valence-corrected chi connectivity index (χ4v) is 4.16. The van der Waals surface area contributed by atoms with Crippen LogP contribution in [0.1, 0.15) is 40.3 Å². The second kappa shape index (κ2) is 7.75. The van der Waals surface area contributed by atoms with Crippen molar-refractivity contribution in [1.29, 1.82) is 5.26 Å². The van der Waals surface area contributed by atoms with Crippen LogP contribution in [0.3, 0.4) is 0 Å². The number of nitrogens with zero attached hydrogens (tertiary/aromatic N) is 2. The Labute approximate surface area is 148 Å². The summed E-state index contributed by atoms with van der Waals surface area (Å²) < 4.78 is 0. The number of aromatic nitrogens is 2. The van der Waals surface area contributed by atoms with Gasteiger partial charge in [-0.05, 0) is 44.2 Å². The van der Waals surface area contributed by atoms with Gasteiger partial charge in [0, 0.05) is 4.88 Å². The lowest BCUT2D eigenvalue weighted by molar-refractivity contribution is 0.0683. The average Bonchev–Trinajstić information content (AvgIpc) is 3.23. The van der Waals surface area contributed by atoms with Gasteiger partial charge in [-0.15, -0.1) is 23.7 Å². The van der Waals surface area contributed by atoms with E-state index in [1.54, 1.807) is 0 Å². The molecule has 0 unspecified atom stereocenters. The van der Waals surface area contributed by atoms with Crippen LogP contribution in [0, 0.1) is 11.3 Å². The first-order valence-corrected chi connectivity index (χ1v) is 8.32. The Hall–Kier alpha value is -1.95. The molecule has 1 aliphatic carbocycles. The molecule has 0 radical (unpaired) electrons. The maximum atomic E-state index is 11.8. The second-order valence-corrected chi connectivity index (χ2v) is 6.62. The number of nitrogens with one attached hydrogen (secondary N) is 2. The number of aromatic amines is 1. The van der Waals surface area contributed by atoms with Crippen LogP contribution in [-0.4, -0.2) is 33.6 Å². The van der Waals surface area contributed by atoms with Gasteiger partial charge in [-0.25, -0.2) is 9.78 Å². The Morgan fingerprint density at radius 2 is 2.17 bits per heavy atom. The molecule has 3 N–H and O–H groups in total. The lowest BCUT2D eigenvalue weighted by atomic mass is 10.2. The number of carboxylic acids is 1. The summed E-state index contributed by atoms with van der Waals surface area (Å²) >= 11 is 1.44. The third-order valence-corrected chi connectivity index (χ3v) is 5.18. The van der Waals surface area contributed by atoms with Crippen molar-refractivity contribution in [2.75, 3.05) is 6.54 Å². The number of aromatic carboxylic acids is 1. The minimum absolute atomic E-state index is 0. The highest BCUT2D eigenvalue weighted by atomic mass is 35.5. The molecule has 0 aromatic carbocycles. The molecular formula is C15H17ClN4O3S. The van der Waals surface area contributed by atoms with E-state index in [1.807, 2.05) is 0 Å². The summed E-state index contributed by atoms with van der Waals surface area (Å²) in [6.07, 6.45) is 5.14. The van der Waals surface area contributed by atoms with E-state index in [0.29, 0.717) is 10.2 Å². The van der Waals surface area contributed by atoms with Crippen molar-refractivity contribution in [2.24, 2.45) is 0 Å². The number of nitriles is 1. The fourth-order valence-electron chi connectivity index (χ4n) is 2.90. The molecule has 3 heterocycles. The fraction of sp³-hybridized carbons (Fsp3) is 0.467. The minimum Gasteiger partial charge on any atom is -0.475 e. The SMILES string of the molecule is Cl.N#C[C@@H]1CCCN1.O=C(O)c1nc2sc3c(c2c(=O)[nH]1)CCC3. The first kappa shape index (κ1) is 18.4. The molecular weight excluding hydrogens is 352 g/mol. The summed E-state index contributed by atoms with van der Waals surface area (Å²) in [5.41, 5.74) is 0.729. The monoisotopic (exact) mass is 368 g/mol. The predicted molar refractivity (Wildman–Crippen MR) is 93.1 cm³/mol. The minimum atomic E-state index is -1.20. The normalized spacial score (nSPS) is 18.2.